The molecule has 3 unspecified atom stereocenters. The molecule has 2 N–H and O–H groups in total. The van der Waals surface area contributed by atoms with E-state index in [2.05, 4.69) is 39.5 Å². The third-order valence-corrected chi connectivity index (χ3v) is 6.21. The van der Waals surface area contributed by atoms with Crippen molar-refractivity contribution in [3.63, 3.8) is 0 Å². The molecule has 0 spiro atoms. The van der Waals surface area contributed by atoms with Gasteiger partial charge in [0.05, 0.1) is 32.1 Å². The molecule has 1 aromatic rings. The van der Waals surface area contributed by atoms with Crippen LogP contribution in [-0.4, -0.2) is 82.0 Å². The van der Waals surface area contributed by atoms with E-state index in [1.807, 2.05) is 12.1 Å². The maximum Gasteiger partial charge on any atom is 0.191 e. The lowest BCUT2D eigenvalue weighted by Gasteiger charge is -2.34. The van der Waals surface area contributed by atoms with Crippen LogP contribution in [0, 0.1) is 0 Å². The third kappa shape index (κ3) is 4.95. The molecule has 0 amide bonds. The van der Waals surface area contributed by atoms with Crippen molar-refractivity contribution in [1.29, 1.82) is 0 Å². The Morgan fingerprint density at radius 3 is 3.00 bits per heavy atom. The quantitative estimate of drug-likeness (QED) is 0.559. The van der Waals surface area contributed by atoms with Crippen LogP contribution in [0.5, 0.6) is 5.75 Å². The predicted octanol–water partition coefficient (Wildman–Crippen LogP) is 1.69. The number of guanidine groups is 1. The van der Waals surface area contributed by atoms with Crippen LogP contribution in [0.3, 0.4) is 0 Å². The van der Waals surface area contributed by atoms with Gasteiger partial charge in [-0.1, -0.05) is 12.1 Å². The SMILES string of the molecule is CCNC(=NCC1CN2CCCC2CO1)NC1CCN(c2ccccc2OC)C1. The molecule has 3 aliphatic rings. The van der Waals surface area contributed by atoms with Crippen molar-refractivity contribution in [2.45, 2.75) is 44.4 Å². The van der Waals surface area contributed by atoms with E-state index in [4.69, 9.17) is 14.5 Å². The number of para-hydroxylation sites is 2. The summed E-state index contributed by atoms with van der Waals surface area (Å²) < 4.78 is 11.6. The molecule has 0 aliphatic carbocycles. The lowest BCUT2D eigenvalue weighted by Crippen LogP contribution is -2.48. The van der Waals surface area contributed by atoms with Gasteiger partial charge in [-0.2, -0.15) is 0 Å². The summed E-state index contributed by atoms with van der Waals surface area (Å²) in [5.74, 6) is 1.83. The first-order chi connectivity index (χ1) is 14.3. The predicted molar refractivity (Wildman–Crippen MR) is 117 cm³/mol. The first-order valence-corrected chi connectivity index (χ1v) is 11.0. The minimum Gasteiger partial charge on any atom is -0.495 e. The molecule has 4 rings (SSSR count). The summed E-state index contributed by atoms with van der Waals surface area (Å²) in [7, 11) is 1.73. The molecule has 1 aromatic carbocycles. The smallest absolute Gasteiger partial charge is 0.191 e. The van der Waals surface area contributed by atoms with Gasteiger partial charge < -0.3 is 25.0 Å². The average molecular weight is 402 g/mol. The van der Waals surface area contributed by atoms with Crippen LogP contribution in [0.2, 0.25) is 0 Å². The van der Waals surface area contributed by atoms with Gasteiger partial charge >= 0.3 is 0 Å². The van der Waals surface area contributed by atoms with E-state index in [1.54, 1.807) is 7.11 Å². The lowest BCUT2D eigenvalue weighted by molar-refractivity contribution is -0.0432. The first kappa shape index (κ1) is 20.3. The molecule has 0 bridgehead atoms. The van der Waals surface area contributed by atoms with Crippen molar-refractivity contribution in [2.75, 3.05) is 57.9 Å². The van der Waals surface area contributed by atoms with Crippen LogP contribution < -0.4 is 20.3 Å². The second-order valence-electron chi connectivity index (χ2n) is 8.21. The van der Waals surface area contributed by atoms with Crippen LogP contribution in [-0.2, 0) is 4.74 Å². The number of anilines is 1. The molecular weight excluding hydrogens is 366 g/mol. The molecule has 3 fully saturated rings. The Labute approximate surface area is 174 Å². The number of hydrogen-bond donors (Lipinski definition) is 2. The van der Waals surface area contributed by atoms with Crippen molar-refractivity contribution in [1.82, 2.24) is 15.5 Å². The maximum atomic E-state index is 6.06. The molecule has 3 heterocycles. The molecule has 3 aliphatic heterocycles. The molecule has 3 atom stereocenters. The Balaban J connectivity index is 1.32. The fraction of sp³-hybridized carbons (Fsp3) is 0.682. The third-order valence-electron chi connectivity index (χ3n) is 6.21. The second-order valence-corrected chi connectivity index (χ2v) is 8.21. The number of methoxy groups -OCH3 is 1. The van der Waals surface area contributed by atoms with E-state index in [0.717, 1.165) is 56.6 Å². The fourth-order valence-electron chi connectivity index (χ4n) is 4.69. The lowest BCUT2D eigenvalue weighted by atomic mass is 10.2. The largest absolute Gasteiger partial charge is 0.495 e. The zero-order valence-electron chi connectivity index (χ0n) is 17.8. The van der Waals surface area contributed by atoms with Gasteiger partial charge in [0.1, 0.15) is 5.75 Å². The van der Waals surface area contributed by atoms with E-state index >= 15 is 0 Å². The van der Waals surface area contributed by atoms with Gasteiger partial charge in [0, 0.05) is 38.3 Å². The van der Waals surface area contributed by atoms with Crippen molar-refractivity contribution in [2.24, 2.45) is 4.99 Å². The van der Waals surface area contributed by atoms with Gasteiger partial charge in [-0.15, -0.1) is 0 Å². The van der Waals surface area contributed by atoms with Gasteiger partial charge in [0.2, 0.25) is 0 Å². The Morgan fingerprint density at radius 2 is 2.14 bits per heavy atom. The summed E-state index contributed by atoms with van der Waals surface area (Å²) in [6.07, 6.45) is 3.87. The summed E-state index contributed by atoms with van der Waals surface area (Å²) in [6, 6.07) is 9.25. The molecule has 29 heavy (non-hydrogen) atoms. The highest BCUT2D eigenvalue weighted by Gasteiger charge is 2.32. The number of nitrogens with one attached hydrogen (secondary N) is 2. The highest BCUT2D eigenvalue weighted by Crippen LogP contribution is 2.30. The summed E-state index contributed by atoms with van der Waals surface area (Å²) >= 11 is 0. The number of rotatable bonds is 6. The number of morpholine rings is 1. The minimum atomic E-state index is 0.202. The Morgan fingerprint density at radius 1 is 1.24 bits per heavy atom. The van der Waals surface area contributed by atoms with Crippen LogP contribution in [0.4, 0.5) is 5.69 Å². The van der Waals surface area contributed by atoms with Crippen LogP contribution in [0.1, 0.15) is 26.2 Å². The van der Waals surface area contributed by atoms with E-state index in [9.17, 15) is 0 Å². The Kier molecular flexibility index (Phi) is 6.77. The van der Waals surface area contributed by atoms with Gasteiger partial charge in [0.25, 0.3) is 0 Å². The number of aliphatic imine (C=N–C) groups is 1. The summed E-state index contributed by atoms with van der Waals surface area (Å²) in [6.45, 7) is 8.72. The van der Waals surface area contributed by atoms with Gasteiger partial charge in [-0.05, 0) is 44.9 Å². The number of fused-ring (bicyclic) bond motifs is 1. The Hall–Kier alpha value is -1.99. The standard InChI is InChI=1S/C22H35N5O2/c1-3-23-22(24-13-19-15-26-11-6-7-18(26)16-29-19)25-17-10-12-27(14-17)20-8-4-5-9-21(20)28-2/h4-5,8-9,17-19H,3,6-7,10-16H2,1-2H3,(H2,23,24,25). The number of hydrogen-bond acceptors (Lipinski definition) is 5. The topological polar surface area (TPSA) is 61.4 Å². The van der Waals surface area contributed by atoms with E-state index < -0.39 is 0 Å². The molecular formula is C22H35N5O2. The number of ether oxygens (including phenoxy) is 2. The first-order valence-electron chi connectivity index (χ1n) is 11.0. The molecule has 3 saturated heterocycles. The van der Waals surface area contributed by atoms with Crippen molar-refractivity contribution >= 4 is 11.6 Å². The minimum absolute atomic E-state index is 0.202. The van der Waals surface area contributed by atoms with Gasteiger partial charge in [-0.3, -0.25) is 9.89 Å². The molecule has 160 valence electrons. The fourth-order valence-corrected chi connectivity index (χ4v) is 4.69. The monoisotopic (exact) mass is 401 g/mol. The highest BCUT2D eigenvalue weighted by atomic mass is 16.5. The van der Waals surface area contributed by atoms with Crippen LogP contribution in [0.25, 0.3) is 0 Å². The van der Waals surface area contributed by atoms with Crippen molar-refractivity contribution in [3.8, 4) is 5.75 Å². The molecule has 0 aromatic heterocycles. The normalized spacial score (nSPS) is 27.7. The zero-order valence-corrected chi connectivity index (χ0v) is 17.8. The van der Waals surface area contributed by atoms with Crippen molar-refractivity contribution in [3.05, 3.63) is 24.3 Å². The van der Waals surface area contributed by atoms with Crippen LogP contribution in [0.15, 0.2) is 29.3 Å². The molecule has 0 radical (unpaired) electrons. The summed E-state index contributed by atoms with van der Waals surface area (Å²) in [5.41, 5.74) is 1.16. The highest BCUT2D eigenvalue weighted by molar-refractivity contribution is 5.80. The molecule has 7 heteroatoms. The van der Waals surface area contributed by atoms with E-state index in [-0.39, 0.29) is 6.10 Å². The number of nitrogens with zero attached hydrogens (tertiary/aromatic N) is 3. The Bertz CT molecular complexity index is 698. The van der Waals surface area contributed by atoms with Gasteiger partial charge in [0.15, 0.2) is 5.96 Å². The van der Waals surface area contributed by atoms with Crippen molar-refractivity contribution < 1.29 is 9.47 Å². The molecule has 7 nitrogen and oxygen atoms in total. The summed E-state index contributed by atoms with van der Waals surface area (Å²) in [4.78, 5) is 9.81. The second kappa shape index (κ2) is 9.67. The maximum absolute atomic E-state index is 6.06. The number of benzene rings is 1. The zero-order chi connectivity index (χ0) is 20.1. The van der Waals surface area contributed by atoms with E-state index in [1.165, 1.54) is 19.4 Å². The van der Waals surface area contributed by atoms with Gasteiger partial charge in [-0.25, -0.2) is 0 Å². The summed E-state index contributed by atoms with van der Waals surface area (Å²) in [5, 5.41) is 7.03. The van der Waals surface area contributed by atoms with Crippen LogP contribution >= 0.6 is 0 Å². The van der Waals surface area contributed by atoms with E-state index in [0.29, 0.717) is 18.6 Å². The average Bonchev–Trinajstić information content (AvgIpc) is 3.41. The molecule has 0 saturated carbocycles.